The molecular formula is C8H17NSi. The average Bonchev–Trinajstić information content (AvgIpc) is 1.59. The SMILES string of the molecule is C/C=C\C(C)=N/[Si](C)(C)C. The van der Waals surface area contributed by atoms with Crippen LogP contribution in [-0.2, 0) is 0 Å². The maximum Gasteiger partial charge on any atom is 0.172 e. The number of hydrogen-bond acceptors (Lipinski definition) is 1. The number of allylic oxidation sites excluding steroid dienone is 2. The van der Waals surface area contributed by atoms with E-state index in [0.717, 1.165) is 5.71 Å². The molecule has 0 fully saturated rings. The zero-order valence-corrected chi connectivity index (χ0v) is 8.60. The molecule has 0 aliphatic rings. The van der Waals surface area contributed by atoms with Crippen LogP contribution in [0.5, 0.6) is 0 Å². The highest BCUT2D eigenvalue weighted by Gasteiger charge is 2.09. The van der Waals surface area contributed by atoms with Crippen LogP contribution in [0, 0.1) is 0 Å². The van der Waals surface area contributed by atoms with E-state index < -0.39 is 8.24 Å². The molecule has 0 aromatic heterocycles. The Morgan fingerprint density at radius 2 is 1.80 bits per heavy atom. The summed E-state index contributed by atoms with van der Waals surface area (Å²) in [6.07, 6.45) is 4.08. The molecule has 0 unspecified atom stereocenters. The summed E-state index contributed by atoms with van der Waals surface area (Å²) >= 11 is 0. The molecule has 0 aromatic carbocycles. The Balaban J connectivity index is 4.17. The minimum atomic E-state index is -1.22. The standard InChI is InChI=1S/C8H17NSi/c1-6-7-8(2)9-10(3,4)5/h6-7H,1-5H3/b7-6-,9-8-. The lowest BCUT2D eigenvalue weighted by Crippen LogP contribution is -2.17. The Kier molecular flexibility index (Phi) is 3.57. The third kappa shape index (κ3) is 5.76. The summed E-state index contributed by atoms with van der Waals surface area (Å²) in [5.41, 5.74) is 1.15. The summed E-state index contributed by atoms with van der Waals surface area (Å²) < 4.78 is 4.57. The monoisotopic (exact) mass is 155 g/mol. The number of hydrogen-bond donors (Lipinski definition) is 0. The maximum atomic E-state index is 4.57. The van der Waals surface area contributed by atoms with Crippen LogP contribution in [0.2, 0.25) is 19.6 Å². The maximum absolute atomic E-state index is 4.57. The first kappa shape index (κ1) is 9.63. The van der Waals surface area contributed by atoms with E-state index in [1.807, 2.05) is 13.0 Å². The second-order valence-corrected chi connectivity index (χ2v) is 7.99. The number of nitrogens with zero attached hydrogens (tertiary/aromatic N) is 1. The van der Waals surface area contributed by atoms with E-state index in [1.165, 1.54) is 0 Å². The van der Waals surface area contributed by atoms with Gasteiger partial charge in [-0.05, 0) is 39.6 Å². The van der Waals surface area contributed by atoms with Crippen molar-refractivity contribution >= 4 is 13.9 Å². The molecule has 0 atom stereocenters. The highest BCUT2D eigenvalue weighted by molar-refractivity contribution is 6.75. The fourth-order valence-corrected chi connectivity index (χ4v) is 1.94. The third-order valence-corrected chi connectivity index (χ3v) is 1.94. The normalized spacial score (nSPS) is 14.7. The quantitative estimate of drug-likeness (QED) is 0.429. The van der Waals surface area contributed by atoms with Gasteiger partial charge in [0, 0.05) is 5.71 Å². The van der Waals surface area contributed by atoms with Gasteiger partial charge in [0.1, 0.15) is 0 Å². The molecule has 1 nitrogen and oxygen atoms in total. The van der Waals surface area contributed by atoms with Crippen molar-refractivity contribution < 1.29 is 0 Å². The van der Waals surface area contributed by atoms with Crippen LogP contribution in [0.3, 0.4) is 0 Å². The van der Waals surface area contributed by atoms with Crippen molar-refractivity contribution in [3.63, 3.8) is 0 Å². The van der Waals surface area contributed by atoms with Gasteiger partial charge in [0.05, 0.1) is 0 Å². The molecule has 0 amide bonds. The van der Waals surface area contributed by atoms with Crippen LogP contribution in [0.1, 0.15) is 13.8 Å². The summed E-state index contributed by atoms with van der Waals surface area (Å²) in [6, 6.07) is 0. The molecule has 0 rings (SSSR count). The highest BCUT2D eigenvalue weighted by atomic mass is 28.3. The van der Waals surface area contributed by atoms with Crippen molar-refractivity contribution in [1.29, 1.82) is 0 Å². The zero-order valence-electron chi connectivity index (χ0n) is 7.60. The summed E-state index contributed by atoms with van der Waals surface area (Å²) in [6.45, 7) is 10.8. The summed E-state index contributed by atoms with van der Waals surface area (Å²) in [4.78, 5) is 0. The highest BCUT2D eigenvalue weighted by Crippen LogP contribution is 2.02. The zero-order chi connectivity index (χ0) is 8.20. The summed E-state index contributed by atoms with van der Waals surface area (Å²) in [5, 5.41) is 0. The molecule has 0 saturated carbocycles. The minimum Gasteiger partial charge on any atom is -0.326 e. The van der Waals surface area contributed by atoms with Gasteiger partial charge in [-0.15, -0.1) is 0 Å². The molecule has 0 aliphatic heterocycles. The largest absolute Gasteiger partial charge is 0.326 e. The lowest BCUT2D eigenvalue weighted by molar-refractivity contribution is 1.54. The van der Waals surface area contributed by atoms with Crippen molar-refractivity contribution in [1.82, 2.24) is 0 Å². The van der Waals surface area contributed by atoms with Crippen molar-refractivity contribution in [3.8, 4) is 0 Å². The van der Waals surface area contributed by atoms with Gasteiger partial charge >= 0.3 is 0 Å². The van der Waals surface area contributed by atoms with Gasteiger partial charge in [-0.3, -0.25) is 0 Å². The van der Waals surface area contributed by atoms with Gasteiger partial charge < -0.3 is 4.66 Å². The van der Waals surface area contributed by atoms with Crippen LogP contribution in [0.15, 0.2) is 16.8 Å². The van der Waals surface area contributed by atoms with E-state index in [2.05, 4.69) is 37.3 Å². The van der Waals surface area contributed by atoms with Gasteiger partial charge in [-0.2, -0.15) is 0 Å². The molecule has 58 valence electrons. The van der Waals surface area contributed by atoms with E-state index in [-0.39, 0.29) is 0 Å². The van der Waals surface area contributed by atoms with E-state index in [4.69, 9.17) is 0 Å². The van der Waals surface area contributed by atoms with Crippen molar-refractivity contribution in [2.24, 2.45) is 4.66 Å². The average molecular weight is 155 g/mol. The van der Waals surface area contributed by atoms with Crippen LogP contribution in [0.25, 0.3) is 0 Å². The Morgan fingerprint density at radius 3 is 2.10 bits per heavy atom. The molecule has 0 aromatic rings. The number of rotatable bonds is 2. The van der Waals surface area contributed by atoms with Crippen molar-refractivity contribution in [3.05, 3.63) is 12.2 Å². The molecule has 2 heteroatoms. The Labute approximate surface area is 65.0 Å². The van der Waals surface area contributed by atoms with Crippen LogP contribution < -0.4 is 0 Å². The summed E-state index contributed by atoms with van der Waals surface area (Å²) in [7, 11) is -1.22. The van der Waals surface area contributed by atoms with E-state index >= 15 is 0 Å². The molecule has 0 radical (unpaired) electrons. The second kappa shape index (κ2) is 3.71. The summed E-state index contributed by atoms with van der Waals surface area (Å²) in [5.74, 6) is 0. The first-order valence-corrected chi connectivity index (χ1v) is 7.09. The molecule has 0 saturated heterocycles. The topological polar surface area (TPSA) is 12.4 Å². The molecule has 10 heavy (non-hydrogen) atoms. The van der Waals surface area contributed by atoms with Gasteiger partial charge in [-0.25, -0.2) is 0 Å². The van der Waals surface area contributed by atoms with Crippen molar-refractivity contribution in [2.45, 2.75) is 33.5 Å². The first-order chi connectivity index (χ1) is 4.45. The fourth-order valence-electron chi connectivity index (χ4n) is 0.808. The Morgan fingerprint density at radius 1 is 1.30 bits per heavy atom. The molecule has 0 spiro atoms. The second-order valence-electron chi connectivity index (χ2n) is 3.42. The molecule has 0 bridgehead atoms. The van der Waals surface area contributed by atoms with E-state index in [0.29, 0.717) is 0 Å². The van der Waals surface area contributed by atoms with Gasteiger partial charge in [-0.1, -0.05) is 6.08 Å². The van der Waals surface area contributed by atoms with Crippen molar-refractivity contribution in [2.75, 3.05) is 0 Å². The minimum absolute atomic E-state index is 1.15. The van der Waals surface area contributed by atoms with E-state index in [1.54, 1.807) is 0 Å². The first-order valence-electron chi connectivity index (χ1n) is 3.65. The molecule has 0 aliphatic carbocycles. The van der Waals surface area contributed by atoms with Gasteiger partial charge in [0.25, 0.3) is 0 Å². The van der Waals surface area contributed by atoms with Gasteiger partial charge in [0.2, 0.25) is 0 Å². The Hall–Kier alpha value is -0.373. The molecule has 0 N–H and O–H groups in total. The van der Waals surface area contributed by atoms with E-state index in [9.17, 15) is 0 Å². The lowest BCUT2D eigenvalue weighted by Gasteiger charge is -2.08. The third-order valence-electron chi connectivity index (χ3n) is 0.920. The van der Waals surface area contributed by atoms with Crippen LogP contribution in [-0.4, -0.2) is 13.9 Å². The predicted octanol–water partition coefficient (Wildman–Crippen LogP) is 2.86. The molecule has 0 heterocycles. The Bertz CT molecular complexity index is 151. The smallest absolute Gasteiger partial charge is 0.172 e. The lowest BCUT2D eigenvalue weighted by atomic mass is 10.4. The molecular weight excluding hydrogens is 138 g/mol. The predicted molar refractivity (Wildman–Crippen MR) is 51.3 cm³/mol. The fraction of sp³-hybridized carbons (Fsp3) is 0.625. The van der Waals surface area contributed by atoms with Gasteiger partial charge in [0.15, 0.2) is 8.24 Å². The van der Waals surface area contributed by atoms with Crippen LogP contribution in [0.4, 0.5) is 0 Å². The van der Waals surface area contributed by atoms with Crippen LogP contribution >= 0.6 is 0 Å².